The van der Waals surface area contributed by atoms with Gasteiger partial charge in [0.15, 0.2) is 0 Å². The molecule has 0 radical (unpaired) electrons. The maximum atomic E-state index is 15.2. The van der Waals surface area contributed by atoms with Gasteiger partial charge in [-0.25, -0.2) is 4.39 Å². The molecule has 3 saturated carbocycles. The molecule has 0 bridgehead atoms. The SMILES string of the molecule is CC(CCC(C)(F)C(C)(C)C)C1CCC2/C(=C/C=C3CCCCC3)CCCC21C. The number of hydrogen-bond acceptors (Lipinski definition) is 0. The molecule has 5 unspecified atom stereocenters. The third kappa shape index (κ3) is 5.01. The highest BCUT2D eigenvalue weighted by molar-refractivity contribution is 5.25. The zero-order valence-electron chi connectivity index (χ0n) is 20.2. The van der Waals surface area contributed by atoms with E-state index in [0.29, 0.717) is 17.8 Å². The van der Waals surface area contributed by atoms with Crippen molar-refractivity contribution in [1.82, 2.24) is 0 Å². The normalized spacial score (nSPS) is 35.3. The van der Waals surface area contributed by atoms with Crippen molar-refractivity contribution in [3.05, 3.63) is 23.3 Å². The fourth-order valence-corrected chi connectivity index (χ4v) is 6.69. The molecule has 0 amide bonds. The van der Waals surface area contributed by atoms with E-state index in [-0.39, 0.29) is 5.41 Å². The largest absolute Gasteiger partial charge is 0.244 e. The second-order valence-electron chi connectivity index (χ2n) is 12.2. The number of alkyl halides is 1. The molecule has 3 aliphatic rings. The summed E-state index contributed by atoms with van der Waals surface area (Å²) < 4.78 is 15.2. The smallest absolute Gasteiger partial charge is 0.113 e. The van der Waals surface area contributed by atoms with Crippen LogP contribution in [-0.4, -0.2) is 5.67 Å². The van der Waals surface area contributed by atoms with Crippen molar-refractivity contribution in [2.24, 2.45) is 28.6 Å². The summed E-state index contributed by atoms with van der Waals surface area (Å²) in [7, 11) is 0. The average Bonchev–Trinajstić information content (AvgIpc) is 3.02. The summed E-state index contributed by atoms with van der Waals surface area (Å²) >= 11 is 0. The second kappa shape index (κ2) is 8.88. The van der Waals surface area contributed by atoms with Crippen LogP contribution in [0.5, 0.6) is 0 Å². The monoisotopic (exact) mass is 402 g/mol. The summed E-state index contributed by atoms with van der Waals surface area (Å²) in [5.41, 5.74) is 2.50. The van der Waals surface area contributed by atoms with Gasteiger partial charge in [-0.1, -0.05) is 64.3 Å². The summed E-state index contributed by atoms with van der Waals surface area (Å²) in [6.45, 7) is 12.9. The van der Waals surface area contributed by atoms with Crippen LogP contribution < -0.4 is 0 Å². The van der Waals surface area contributed by atoms with Gasteiger partial charge in [0.1, 0.15) is 5.67 Å². The highest BCUT2D eigenvalue weighted by Crippen LogP contribution is 2.60. The van der Waals surface area contributed by atoms with E-state index in [4.69, 9.17) is 0 Å². The molecular formula is C28H47F. The van der Waals surface area contributed by atoms with Crippen molar-refractivity contribution in [2.75, 3.05) is 0 Å². The van der Waals surface area contributed by atoms with E-state index in [0.717, 1.165) is 18.3 Å². The average molecular weight is 403 g/mol. The molecule has 0 aromatic heterocycles. The Bertz CT molecular complexity index is 609. The Morgan fingerprint density at radius 2 is 1.69 bits per heavy atom. The van der Waals surface area contributed by atoms with Gasteiger partial charge in [-0.05, 0) is 106 Å². The highest BCUT2D eigenvalue weighted by atomic mass is 19.1. The van der Waals surface area contributed by atoms with Gasteiger partial charge in [-0.2, -0.15) is 0 Å². The third-order valence-corrected chi connectivity index (χ3v) is 9.39. The van der Waals surface area contributed by atoms with E-state index < -0.39 is 5.67 Å². The van der Waals surface area contributed by atoms with Crippen LogP contribution in [0.4, 0.5) is 4.39 Å². The minimum absolute atomic E-state index is 0.276. The van der Waals surface area contributed by atoms with Gasteiger partial charge < -0.3 is 0 Å². The predicted molar refractivity (Wildman–Crippen MR) is 125 cm³/mol. The Morgan fingerprint density at radius 3 is 2.34 bits per heavy atom. The van der Waals surface area contributed by atoms with Gasteiger partial charge in [0, 0.05) is 0 Å². The minimum Gasteiger partial charge on any atom is -0.244 e. The lowest BCUT2D eigenvalue weighted by Gasteiger charge is -2.45. The molecule has 0 aromatic carbocycles. The maximum absolute atomic E-state index is 15.2. The van der Waals surface area contributed by atoms with Gasteiger partial charge in [-0.3, -0.25) is 0 Å². The molecule has 0 saturated heterocycles. The first-order chi connectivity index (χ1) is 13.5. The first kappa shape index (κ1) is 23.1. The van der Waals surface area contributed by atoms with E-state index in [2.05, 4.69) is 26.0 Å². The number of hydrogen-bond donors (Lipinski definition) is 0. The van der Waals surface area contributed by atoms with Crippen LogP contribution >= 0.6 is 0 Å². The van der Waals surface area contributed by atoms with Crippen LogP contribution in [0.25, 0.3) is 0 Å². The quantitative estimate of drug-likeness (QED) is 0.430. The number of halogens is 1. The van der Waals surface area contributed by atoms with Gasteiger partial charge in [-0.15, -0.1) is 0 Å². The molecule has 5 atom stereocenters. The lowest BCUT2D eigenvalue weighted by Crippen LogP contribution is -2.38. The van der Waals surface area contributed by atoms with E-state index in [9.17, 15) is 0 Å². The van der Waals surface area contributed by atoms with Crippen molar-refractivity contribution in [2.45, 2.75) is 124 Å². The molecule has 1 heteroatoms. The highest BCUT2D eigenvalue weighted by Gasteiger charge is 2.51. The summed E-state index contributed by atoms with van der Waals surface area (Å²) in [5.74, 6) is 2.15. The second-order valence-corrected chi connectivity index (χ2v) is 12.2. The van der Waals surface area contributed by atoms with E-state index in [1.54, 1.807) is 11.1 Å². The predicted octanol–water partition coefficient (Wildman–Crippen LogP) is 9.21. The molecule has 0 nitrogen and oxygen atoms in total. The van der Waals surface area contributed by atoms with Crippen LogP contribution in [0.15, 0.2) is 23.3 Å². The van der Waals surface area contributed by atoms with Gasteiger partial charge in [0.25, 0.3) is 0 Å². The Labute approximate surface area is 180 Å². The molecule has 3 fully saturated rings. The lowest BCUT2D eigenvalue weighted by atomic mass is 9.60. The molecule has 166 valence electrons. The first-order valence-corrected chi connectivity index (χ1v) is 12.6. The van der Waals surface area contributed by atoms with Crippen molar-refractivity contribution >= 4 is 0 Å². The van der Waals surface area contributed by atoms with Crippen molar-refractivity contribution < 1.29 is 4.39 Å². The summed E-state index contributed by atoms with van der Waals surface area (Å²) in [5, 5.41) is 0. The van der Waals surface area contributed by atoms with Crippen LogP contribution in [-0.2, 0) is 0 Å². The fourth-order valence-electron chi connectivity index (χ4n) is 6.69. The Balaban J connectivity index is 1.67. The Hall–Kier alpha value is -0.590. The lowest BCUT2D eigenvalue weighted by molar-refractivity contribution is 0.0228. The van der Waals surface area contributed by atoms with Gasteiger partial charge in [0.2, 0.25) is 0 Å². The molecule has 0 aromatic rings. The van der Waals surface area contributed by atoms with E-state index >= 15 is 4.39 Å². The molecule has 0 aliphatic heterocycles. The number of rotatable bonds is 5. The van der Waals surface area contributed by atoms with Crippen LogP contribution in [0, 0.1) is 28.6 Å². The van der Waals surface area contributed by atoms with Crippen molar-refractivity contribution in [1.29, 1.82) is 0 Å². The van der Waals surface area contributed by atoms with Gasteiger partial charge in [0.05, 0.1) is 0 Å². The Kier molecular flexibility index (Phi) is 7.06. The summed E-state index contributed by atoms with van der Waals surface area (Å²) in [6, 6.07) is 0. The zero-order valence-corrected chi connectivity index (χ0v) is 20.2. The number of allylic oxidation sites excluding steroid dienone is 4. The minimum atomic E-state index is -1.08. The van der Waals surface area contributed by atoms with Crippen LogP contribution in [0.2, 0.25) is 0 Å². The molecule has 0 N–H and O–H groups in total. The van der Waals surface area contributed by atoms with Crippen molar-refractivity contribution in [3.63, 3.8) is 0 Å². The Morgan fingerprint density at radius 1 is 1.00 bits per heavy atom. The van der Waals surface area contributed by atoms with Gasteiger partial charge >= 0.3 is 0 Å². The first-order valence-electron chi connectivity index (χ1n) is 12.6. The maximum Gasteiger partial charge on any atom is 0.113 e. The van der Waals surface area contributed by atoms with E-state index in [1.165, 1.54) is 64.2 Å². The molecule has 29 heavy (non-hydrogen) atoms. The molecule has 0 spiro atoms. The molecule has 3 rings (SSSR count). The fraction of sp³-hybridized carbons (Fsp3) is 0.857. The standard InChI is InChI=1S/C28H47F/c1-21(18-20-28(6,29)26(2,3)4)24-16-17-25-23(13-10-19-27(24,25)5)15-14-22-11-8-7-9-12-22/h14-15,21,24-25H,7-13,16-20H2,1-6H3/b23-15+. The van der Waals surface area contributed by atoms with Crippen LogP contribution in [0.3, 0.4) is 0 Å². The zero-order chi connectivity index (χ0) is 21.3. The summed E-state index contributed by atoms with van der Waals surface area (Å²) in [4.78, 5) is 0. The van der Waals surface area contributed by atoms with E-state index in [1.807, 2.05) is 27.7 Å². The third-order valence-electron chi connectivity index (χ3n) is 9.39. The van der Waals surface area contributed by atoms with Crippen LogP contribution in [0.1, 0.15) is 119 Å². The van der Waals surface area contributed by atoms with Crippen molar-refractivity contribution in [3.8, 4) is 0 Å². The number of fused-ring (bicyclic) bond motifs is 1. The molecule has 3 aliphatic carbocycles. The topological polar surface area (TPSA) is 0 Å². The summed E-state index contributed by atoms with van der Waals surface area (Å²) in [6.07, 6.45) is 20.3. The molecular weight excluding hydrogens is 355 g/mol. The molecule has 0 heterocycles.